The Bertz CT molecular complexity index is 1540. The van der Waals surface area contributed by atoms with E-state index in [2.05, 4.69) is 98.9 Å². The van der Waals surface area contributed by atoms with Crippen LogP contribution in [-0.2, 0) is 32.7 Å². The molecule has 75 heavy (non-hydrogen) atoms. The highest BCUT2D eigenvalue weighted by molar-refractivity contribution is 7.47. The Morgan fingerprint density at radius 3 is 1.15 bits per heavy atom. The SMILES string of the molecule is CC/C=C\C/C=C\C/C=C\C/C=C\C/C=C\C/C=C\CCCCCCCCCCCCCCCCCCCCC(=O)OC(COC(=O)CCCCCCC/C=C\CCCCCCC)COP(=O)(O)OCC[N+](C)(C)C. The molecule has 0 bridgehead atoms. The number of allylic oxidation sites excluding steroid dienone is 14. The first-order chi connectivity index (χ1) is 36.5. The number of carbonyl (C=O) groups excluding carboxylic acids is 2. The number of unbranched alkanes of at least 4 members (excludes halogenated alkanes) is 28. The highest BCUT2D eigenvalue weighted by Crippen LogP contribution is 2.43. The third kappa shape index (κ3) is 60.3. The predicted octanol–water partition coefficient (Wildman–Crippen LogP) is 19.4. The van der Waals surface area contributed by atoms with Crippen LogP contribution in [-0.4, -0.2) is 74.9 Å². The quantitative estimate of drug-likeness (QED) is 0.0211. The normalized spacial score (nSPS) is 13.8. The van der Waals surface area contributed by atoms with Crippen molar-refractivity contribution in [3.05, 3.63) is 85.1 Å². The van der Waals surface area contributed by atoms with Crippen LogP contribution in [0.4, 0.5) is 0 Å². The summed E-state index contributed by atoms with van der Waals surface area (Å²) in [6.45, 7) is 4.31. The number of likely N-dealkylation sites (N-methyl/N-ethyl adjacent to an activating group) is 1. The third-order valence-corrected chi connectivity index (χ3v) is 14.1. The van der Waals surface area contributed by atoms with Gasteiger partial charge in [-0.15, -0.1) is 0 Å². The molecule has 0 aromatic carbocycles. The number of phosphoric acid groups is 1. The average molecular weight is 1070 g/mol. The summed E-state index contributed by atoms with van der Waals surface area (Å²) in [6.07, 6.45) is 75.3. The Labute approximate surface area is 462 Å². The number of quaternary nitrogens is 1. The van der Waals surface area contributed by atoms with Crippen molar-refractivity contribution in [2.45, 2.75) is 270 Å². The maximum atomic E-state index is 12.8. The fourth-order valence-corrected chi connectivity index (χ4v) is 9.17. The standard InChI is InChI=1S/C65H116NO8P/c1-6-8-10-12-14-16-18-20-22-23-24-25-26-27-28-29-30-31-32-33-34-35-36-37-38-39-40-41-42-43-44-46-48-50-52-54-56-58-65(68)74-63(62-73-75(69,70)72-60-59-66(3,4)5)61-71-64(67)57-55-53-51-49-47-45-21-19-17-15-13-11-9-7-2/h8,10,14,16,19-22,24-25,27-28,30-31,63H,6-7,9,11-13,15,17-18,23,26,29,32-62H2,1-5H3/p+1/b10-8-,16-14-,21-19-,22-20-,25-24-,28-27-,31-30-. The van der Waals surface area contributed by atoms with Gasteiger partial charge in [-0.25, -0.2) is 4.57 Å². The molecule has 2 unspecified atom stereocenters. The summed E-state index contributed by atoms with van der Waals surface area (Å²) >= 11 is 0. The summed E-state index contributed by atoms with van der Waals surface area (Å²) in [5.74, 6) is -0.802. The van der Waals surface area contributed by atoms with Gasteiger partial charge in [0.1, 0.15) is 19.8 Å². The van der Waals surface area contributed by atoms with Crippen LogP contribution in [0, 0.1) is 0 Å². The molecule has 0 amide bonds. The van der Waals surface area contributed by atoms with Crippen LogP contribution < -0.4 is 0 Å². The molecule has 0 heterocycles. The fraction of sp³-hybridized carbons (Fsp3) is 0.754. The minimum Gasteiger partial charge on any atom is -0.462 e. The van der Waals surface area contributed by atoms with Crippen molar-refractivity contribution in [2.75, 3.05) is 47.5 Å². The van der Waals surface area contributed by atoms with Crippen molar-refractivity contribution in [1.29, 1.82) is 0 Å². The van der Waals surface area contributed by atoms with E-state index in [1.807, 2.05) is 21.1 Å². The Kier molecular flexibility index (Phi) is 53.8. The molecule has 2 atom stereocenters. The highest BCUT2D eigenvalue weighted by Gasteiger charge is 2.27. The molecule has 0 radical (unpaired) electrons. The van der Waals surface area contributed by atoms with Gasteiger partial charge in [0.25, 0.3) is 0 Å². The van der Waals surface area contributed by atoms with Crippen LogP contribution in [0.15, 0.2) is 85.1 Å². The Hall–Kier alpha value is -2.81. The number of carbonyl (C=O) groups is 2. The summed E-state index contributed by atoms with van der Waals surface area (Å²) in [6, 6.07) is 0. The second kappa shape index (κ2) is 55.9. The second-order valence-corrected chi connectivity index (χ2v) is 23.2. The zero-order chi connectivity index (χ0) is 54.9. The first-order valence-electron chi connectivity index (χ1n) is 30.8. The summed E-state index contributed by atoms with van der Waals surface area (Å²) in [5.41, 5.74) is 0. The van der Waals surface area contributed by atoms with Gasteiger partial charge < -0.3 is 18.9 Å². The summed E-state index contributed by atoms with van der Waals surface area (Å²) in [4.78, 5) is 35.6. The number of hydrogen-bond donors (Lipinski definition) is 1. The van der Waals surface area contributed by atoms with Crippen molar-refractivity contribution >= 4 is 19.8 Å². The van der Waals surface area contributed by atoms with Gasteiger partial charge in [-0.1, -0.05) is 247 Å². The third-order valence-electron chi connectivity index (χ3n) is 13.2. The summed E-state index contributed by atoms with van der Waals surface area (Å²) < 4.78 is 34.5. The van der Waals surface area contributed by atoms with Crippen LogP contribution in [0.5, 0.6) is 0 Å². The summed E-state index contributed by atoms with van der Waals surface area (Å²) in [7, 11) is 1.47. The van der Waals surface area contributed by atoms with E-state index in [0.717, 1.165) is 89.9 Å². The van der Waals surface area contributed by atoms with Crippen molar-refractivity contribution in [1.82, 2.24) is 0 Å². The van der Waals surface area contributed by atoms with Gasteiger partial charge in [0.15, 0.2) is 6.10 Å². The van der Waals surface area contributed by atoms with Gasteiger partial charge in [0.2, 0.25) is 0 Å². The minimum absolute atomic E-state index is 0.0295. The lowest BCUT2D eigenvalue weighted by Gasteiger charge is -2.24. The largest absolute Gasteiger partial charge is 0.472 e. The molecule has 0 aromatic heterocycles. The van der Waals surface area contributed by atoms with Crippen LogP contribution in [0.2, 0.25) is 0 Å². The van der Waals surface area contributed by atoms with Gasteiger partial charge in [0, 0.05) is 12.8 Å². The van der Waals surface area contributed by atoms with Gasteiger partial charge in [0.05, 0.1) is 27.7 Å². The van der Waals surface area contributed by atoms with Crippen molar-refractivity contribution in [2.24, 2.45) is 0 Å². The smallest absolute Gasteiger partial charge is 0.462 e. The zero-order valence-electron chi connectivity index (χ0n) is 49.3. The number of rotatable bonds is 56. The Morgan fingerprint density at radius 2 is 0.760 bits per heavy atom. The Balaban J connectivity index is 3.99. The second-order valence-electron chi connectivity index (χ2n) is 21.7. The van der Waals surface area contributed by atoms with E-state index < -0.39 is 26.5 Å². The molecular weight excluding hydrogens is 954 g/mol. The van der Waals surface area contributed by atoms with Crippen molar-refractivity contribution < 1.29 is 42.1 Å². The van der Waals surface area contributed by atoms with E-state index in [9.17, 15) is 19.0 Å². The lowest BCUT2D eigenvalue weighted by molar-refractivity contribution is -0.870. The molecule has 0 aliphatic carbocycles. The van der Waals surface area contributed by atoms with E-state index in [1.54, 1.807) is 0 Å². The number of esters is 2. The molecule has 0 rings (SSSR count). The van der Waals surface area contributed by atoms with Gasteiger partial charge in [-0.3, -0.25) is 18.6 Å². The Morgan fingerprint density at radius 1 is 0.427 bits per heavy atom. The molecular formula is C65H117NO8P+. The maximum Gasteiger partial charge on any atom is 0.472 e. The number of ether oxygens (including phenoxy) is 2. The maximum absolute atomic E-state index is 12.8. The molecule has 0 aromatic rings. The van der Waals surface area contributed by atoms with Crippen LogP contribution in [0.25, 0.3) is 0 Å². The van der Waals surface area contributed by atoms with E-state index in [0.29, 0.717) is 17.4 Å². The molecule has 0 fully saturated rings. The average Bonchev–Trinajstić information content (AvgIpc) is 3.37. The molecule has 9 nitrogen and oxygen atoms in total. The minimum atomic E-state index is -4.39. The van der Waals surface area contributed by atoms with Gasteiger partial charge >= 0.3 is 19.8 Å². The molecule has 0 saturated carbocycles. The van der Waals surface area contributed by atoms with E-state index in [4.69, 9.17) is 18.5 Å². The topological polar surface area (TPSA) is 108 Å². The van der Waals surface area contributed by atoms with Crippen LogP contribution >= 0.6 is 7.82 Å². The molecule has 0 saturated heterocycles. The van der Waals surface area contributed by atoms with Gasteiger partial charge in [-0.2, -0.15) is 0 Å². The predicted molar refractivity (Wildman–Crippen MR) is 321 cm³/mol. The van der Waals surface area contributed by atoms with Crippen molar-refractivity contribution in [3.63, 3.8) is 0 Å². The first-order valence-corrected chi connectivity index (χ1v) is 32.3. The van der Waals surface area contributed by atoms with Crippen LogP contribution in [0.1, 0.15) is 264 Å². The van der Waals surface area contributed by atoms with E-state index in [1.165, 1.54) is 141 Å². The molecule has 0 spiro atoms. The lowest BCUT2D eigenvalue weighted by Crippen LogP contribution is -2.37. The lowest BCUT2D eigenvalue weighted by atomic mass is 10.0. The first kappa shape index (κ1) is 72.2. The molecule has 0 aliphatic heterocycles. The molecule has 10 heteroatoms. The highest BCUT2D eigenvalue weighted by atomic mass is 31.2. The number of nitrogens with zero attached hydrogens (tertiary/aromatic N) is 1. The molecule has 434 valence electrons. The van der Waals surface area contributed by atoms with E-state index >= 15 is 0 Å². The molecule has 1 N–H and O–H groups in total. The van der Waals surface area contributed by atoms with E-state index in [-0.39, 0.29) is 32.0 Å². The zero-order valence-corrected chi connectivity index (χ0v) is 50.2. The monoisotopic (exact) mass is 1070 g/mol. The van der Waals surface area contributed by atoms with Gasteiger partial charge in [-0.05, 0) is 89.9 Å². The number of phosphoric ester groups is 1. The van der Waals surface area contributed by atoms with Crippen molar-refractivity contribution in [3.8, 4) is 0 Å². The number of hydrogen-bond acceptors (Lipinski definition) is 7. The summed E-state index contributed by atoms with van der Waals surface area (Å²) in [5, 5.41) is 0. The van der Waals surface area contributed by atoms with Crippen LogP contribution in [0.3, 0.4) is 0 Å². The molecule has 0 aliphatic rings. The fourth-order valence-electron chi connectivity index (χ4n) is 8.43.